The molecule has 1 aromatic rings. The van der Waals surface area contributed by atoms with Crippen LogP contribution in [0.4, 0.5) is 4.39 Å². The van der Waals surface area contributed by atoms with Crippen molar-refractivity contribution < 1.29 is 12.8 Å². The van der Waals surface area contributed by atoms with E-state index < -0.39 is 15.8 Å². The zero-order valence-electron chi connectivity index (χ0n) is 12.6. The van der Waals surface area contributed by atoms with Gasteiger partial charge in [0.25, 0.3) is 0 Å². The summed E-state index contributed by atoms with van der Waals surface area (Å²) in [5, 5.41) is 3.30. The van der Waals surface area contributed by atoms with Crippen LogP contribution >= 0.6 is 11.8 Å². The molecule has 4 nitrogen and oxygen atoms in total. The zero-order chi connectivity index (χ0) is 15.9. The standard InChI is InChI=1S/C14H23FN2O2S2/c1-4-7-16-10-12-5-6-13(15)8-14(12)21(18,19)17-9-11(2)20-3/h5-6,8,11,16-17H,4,7,9-10H2,1-3H3. The van der Waals surface area contributed by atoms with Crippen molar-refractivity contribution in [3.63, 3.8) is 0 Å². The number of hydrogen-bond donors (Lipinski definition) is 2. The van der Waals surface area contributed by atoms with Crippen LogP contribution in [0.3, 0.4) is 0 Å². The van der Waals surface area contributed by atoms with Gasteiger partial charge in [-0.05, 0) is 36.9 Å². The summed E-state index contributed by atoms with van der Waals surface area (Å²) in [5.41, 5.74) is 0.578. The van der Waals surface area contributed by atoms with E-state index in [1.807, 2.05) is 20.1 Å². The van der Waals surface area contributed by atoms with Crippen molar-refractivity contribution in [2.24, 2.45) is 0 Å². The molecule has 120 valence electrons. The molecule has 0 bridgehead atoms. The number of benzene rings is 1. The van der Waals surface area contributed by atoms with E-state index in [0.717, 1.165) is 19.0 Å². The predicted molar refractivity (Wildman–Crippen MR) is 86.6 cm³/mol. The average molecular weight is 334 g/mol. The SMILES string of the molecule is CCCNCc1ccc(F)cc1S(=O)(=O)NCC(C)SC. The molecule has 7 heteroatoms. The molecule has 0 radical (unpaired) electrons. The fraction of sp³-hybridized carbons (Fsp3) is 0.571. The predicted octanol–water partition coefficient (Wildman–Crippen LogP) is 2.36. The van der Waals surface area contributed by atoms with Crippen LogP contribution in [-0.4, -0.2) is 33.0 Å². The van der Waals surface area contributed by atoms with Gasteiger partial charge in [0.15, 0.2) is 0 Å². The fourth-order valence-corrected chi connectivity index (χ4v) is 3.45. The van der Waals surface area contributed by atoms with Gasteiger partial charge in [-0.3, -0.25) is 0 Å². The van der Waals surface area contributed by atoms with Crippen molar-refractivity contribution in [1.82, 2.24) is 10.0 Å². The normalized spacial score (nSPS) is 13.3. The molecule has 0 fully saturated rings. The molecule has 0 aromatic heterocycles. The lowest BCUT2D eigenvalue weighted by atomic mass is 10.2. The number of rotatable bonds is 9. The third-order valence-electron chi connectivity index (χ3n) is 3.02. The quantitative estimate of drug-likeness (QED) is 0.681. The highest BCUT2D eigenvalue weighted by molar-refractivity contribution is 7.99. The highest BCUT2D eigenvalue weighted by Gasteiger charge is 2.19. The Morgan fingerprint density at radius 3 is 2.71 bits per heavy atom. The summed E-state index contributed by atoms with van der Waals surface area (Å²) in [6, 6.07) is 3.88. The number of nitrogens with one attached hydrogen (secondary N) is 2. The minimum Gasteiger partial charge on any atom is -0.313 e. The second kappa shape index (κ2) is 8.73. The van der Waals surface area contributed by atoms with Gasteiger partial charge in [-0.1, -0.05) is 19.9 Å². The van der Waals surface area contributed by atoms with Gasteiger partial charge < -0.3 is 5.32 Å². The van der Waals surface area contributed by atoms with Crippen molar-refractivity contribution in [3.05, 3.63) is 29.6 Å². The van der Waals surface area contributed by atoms with Gasteiger partial charge in [0, 0.05) is 18.3 Å². The molecule has 21 heavy (non-hydrogen) atoms. The average Bonchev–Trinajstić information content (AvgIpc) is 2.46. The van der Waals surface area contributed by atoms with E-state index in [2.05, 4.69) is 10.0 Å². The molecular weight excluding hydrogens is 311 g/mol. The van der Waals surface area contributed by atoms with Gasteiger partial charge >= 0.3 is 0 Å². The molecule has 0 aliphatic rings. The summed E-state index contributed by atoms with van der Waals surface area (Å²) < 4.78 is 40.6. The first-order chi connectivity index (χ1) is 9.90. The summed E-state index contributed by atoms with van der Waals surface area (Å²) in [4.78, 5) is 0.0133. The van der Waals surface area contributed by atoms with Crippen LogP contribution in [0, 0.1) is 5.82 Å². The van der Waals surface area contributed by atoms with Crippen molar-refractivity contribution in [3.8, 4) is 0 Å². The van der Waals surface area contributed by atoms with Crippen LogP contribution < -0.4 is 10.0 Å². The molecule has 2 N–H and O–H groups in total. The van der Waals surface area contributed by atoms with Gasteiger partial charge in [-0.2, -0.15) is 11.8 Å². The summed E-state index contributed by atoms with van der Waals surface area (Å²) in [5.74, 6) is -0.549. The third-order valence-corrected chi connectivity index (χ3v) is 5.50. The minimum absolute atomic E-state index is 0.0133. The summed E-state index contributed by atoms with van der Waals surface area (Å²) in [6.45, 7) is 5.47. The number of thioether (sulfide) groups is 1. The maximum absolute atomic E-state index is 13.4. The Kier molecular flexibility index (Phi) is 7.65. The Morgan fingerprint density at radius 2 is 2.10 bits per heavy atom. The highest BCUT2D eigenvalue weighted by Crippen LogP contribution is 2.18. The zero-order valence-corrected chi connectivity index (χ0v) is 14.3. The van der Waals surface area contributed by atoms with E-state index in [9.17, 15) is 12.8 Å². The molecule has 1 unspecified atom stereocenters. The van der Waals surface area contributed by atoms with Crippen molar-refractivity contribution in [2.75, 3.05) is 19.3 Å². The summed E-state index contributed by atoms with van der Waals surface area (Å²) >= 11 is 1.57. The number of halogens is 1. The monoisotopic (exact) mass is 334 g/mol. The molecular formula is C14H23FN2O2S2. The highest BCUT2D eigenvalue weighted by atomic mass is 32.2. The van der Waals surface area contributed by atoms with Gasteiger partial charge in [0.05, 0.1) is 4.90 Å². The van der Waals surface area contributed by atoms with Crippen molar-refractivity contribution in [1.29, 1.82) is 0 Å². The smallest absolute Gasteiger partial charge is 0.241 e. The first-order valence-electron chi connectivity index (χ1n) is 6.92. The number of sulfonamides is 1. The van der Waals surface area contributed by atoms with E-state index in [-0.39, 0.29) is 10.1 Å². The van der Waals surface area contributed by atoms with Crippen LogP contribution in [0.2, 0.25) is 0 Å². The minimum atomic E-state index is -3.70. The largest absolute Gasteiger partial charge is 0.313 e. The Balaban J connectivity index is 2.94. The van der Waals surface area contributed by atoms with Crippen LogP contribution in [0.25, 0.3) is 0 Å². The van der Waals surface area contributed by atoms with E-state index in [1.54, 1.807) is 11.8 Å². The maximum Gasteiger partial charge on any atom is 0.241 e. The van der Waals surface area contributed by atoms with E-state index in [4.69, 9.17) is 0 Å². The molecule has 0 amide bonds. The van der Waals surface area contributed by atoms with E-state index in [1.165, 1.54) is 12.1 Å². The lowest BCUT2D eigenvalue weighted by Gasteiger charge is -2.14. The Morgan fingerprint density at radius 1 is 1.38 bits per heavy atom. The van der Waals surface area contributed by atoms with Gasteiger partial charge in [-0.25, -0.2) is 17.5 Å². The van der Waals surface area contributed by atoms with Gasteiger partial charge in [0.1, 0.15) is 5.82 Å². The summed E-state index contributed by atoms with van der Waals surface area (Å²) in [6.07, 6.45) is 2.87. The lowest BCUT2D eigenvalue weighted by Crippen LogP contribution is -2.30. The second-order valence-electron chi connectivity index (χ2n) is 4.83. The molecule has 1 rings (SSSR count). The van der Waals surface area contributed by atoms with Crippen LogP contribution in [-0.2, 0) is 16.6 Å². The van der Waals surface area contributed by atoms with E-state index in [0.29, 0.717) is 18.7 Å². The second-order valence-corrected chi connectivity index (χ2v) is 7.84. The third kappa shape index (κ3) is 5.94. The topological polar surface area (TPSA) is 58.2 Å². The molecule has 0 saturated heterocycles. The first-order valence-corrected chi connectivity index (χ1v) is 9.69. The van der Waals surface area contributed by atoms with E-state index >= 15 is 0 Å². The first kappa shape index (κ1) is 18.4. The molecule has 0 aliphatic carbocycles. The maximum atomic E-state index is 13.4. The molecule has 0 heterocycles. The summed E-state index contributed by atoms with van der Waals surface area (Å²) in [7, 11) is -3.70. The molecule has 1 atom stereocenters. The lowest BCUT2D eigenvalue weighted by molar-refractivity contribution is 0.573. The molecule has 0 saturated carbocycles. The Hall–Kier alpha value is -0.630. The molecule has 0 aliphatic heterocycles. The van der Waals surface area contributed by atoms with Crippen LogP contribution in [0.1, 0.15) is 25.8 Å². The van der Waals surface area contributed by atoms with Crippen molar-refractivity contribution in [2.45, 2.75) is 37.0 Å². The Labute approximate surface area is 131 Å². The van der Waals surface area contributed by atoms with Crippen molar-refractivity contribution >= 4 is 21.8 Å². The molecule has 1 aromatic carbocycles. The number of hydrogen-bond acceptors (Lipinski definition) is 4. The van der Waals surface area contributed by atoms with Crippen LogP contribution in [0.5, 0.6) is 0 Å². The van der Waals surface area contributed by atoms with Gasteiger partial charge in [-0.15, -0.1) is 0 Å². The molecule has 0 spiro atoms. The van der Waals surface area contributed by atoms with Gasteiger partial charge in [0.2, 0.25) is 10.0 Å². The fourth-order valence-electron chi connectivity index (χ4n) is 1.71. The Bertz CT molecular complexity index is 550. The van der Waals surface area contributed by atoms with Crippen LogP contribution in [0.15, 0.2) is 23.1 Å².